The molecule has 1 aliphatic rings. The molecule has 4 aromatic rings. The van der Waals surface area contributed by atoms with Crippen molar-refractivity contribution < 1.29 is 9.59 Å². The Labute approximate surface area is 230 Å². The molecule has 0 bridgehead atoms. The van der Waals surface area contributed by atoms with E-state index in [1.165, 1.54) is 11.1 Å². The zero-order chi connectivity index (χ0) is 27.4. The molecule has 39 heavy (non-hydrogen) atoms. The first-order chi connectivity index (χ1) is 18.8. The molecule has 0 saturated carbocycles. The van der Waals surface area contributed by atoms with Gasteiger partial charge < -0.3 is 16.0 Å². The maximum atomic E-state index is 13.8. The van der Waals surface area contributed by atoms with Crippen molar-refractivity contribution in [3.63, 3.8) is 0 Å². The number of benzene rings is 4. The lowest BCUT2D eigenvalue weighted by Gasteiger charge is -2.27. The first-order valence-electron chi connectivity index (χ1n) is 13.5. The number of carbonyl (C=O) groups excluding carboxylic acids is 2. The quantitative estimate of drug-likeness (QED) is 0.310. The topological polar surface area (TPSA) is 75.4 Å². The number of nitrogens with zero attached hydrogens (tertiary/aromatic N) is 1. The molecule has 0 saturated heterocycles. The number of hydrogen-bond acceptors (Lipinski definition) is 3. The third-order valence-corrected chi connectivity index (χ3v) is 7.12. The average molecular weight is 518 g/mol. The molecular weight excluding hydrogens is 482 g/mol. The van der Waals surface area contributed by atoms with Crippen molar-refractivity contribution in [1.29, 1.82) is 0 Å². The van der Waals surface area contributed by atoms with Crippen LogP contribution in [0, 0.1) is 0 Å². The van der Waals surface area contributed by atoms with Crippen molar-refractivity contribution in [3.8, 4) is 22.3 Å². The fourth-order valence-electron chi connectivity index (χ4n) is 5.25. The summed E-state index contributed by atoms with van der Waals surface area (Å²) in [5, 5.41) is 2.96. The van der Waals surface area contributed by atoms with Crippen LogP contribution in [0.15, 0.2) is 103 Å². The van der Waals surface area contributed by atoms with Crippen molar-refractivity contribution in [2.45, 2.75) is 51.2 Å². The van der Waals surface area contributed by atoms with Gasteiger partial charge >= 0.3 is 0 Å². The fourth-order valence-corrected chi connectivity index (χ4v) is 5.25. The van der Waals surface area contributed by atoms with E-state index in [9.17, 15) is 9.59 Å². The van der Waals surface area contributed by atoms with Crippen LogP contribution in [0.3, 0.4) is 0 Å². The van der Waals surface area contributed by atoms with Gasteiger partial charge in [-0.3, -0.25) is 9.59 Å². The summed E-state index contributed by atoms with van der Waals surface area (Å²) in [4.78, 5) is 28.3. The molecule has 1 unspecified atom stereocenters. The molecule has 2 amide bonds. The van der Waals surface area contributed by atoms with Crippen LogP contribution in [-0.2, 0) is 22.6 Å². The van der Waals surface area contributed by atoms with Crippen molar-refractivity contribution in [1.82, 2.24) is 5.32 Å². The minimum atomic E-state index is -0.638. The van der Waals surface area contributed by atoms with E-state index in [0.29, 0.717) is 19.4 Å². The maximum Gasteiger partial charge on any atom is 0.249 e. The molecule has 1 aliphatic heterocycles. The largest absolute Gasteiger partial charge is 0.344 e. The van der Waals surface area contributed by atoms with Gasteiger partial charge in [-0.25, -0.2) is 0 Å². The van der Waals surface area contributed by atoms with Gasteiger partial charge in [0.25, 0.3) is 0 Å². The summed E-state index contributed by atoms with van der Waals surface area (Å²) in [6.07, 6.45) is 1.43. The number of aryl methyl sites for hydroxylation is 1. The molecule has 0 radical (unpaired) electrons. The SMILES string of the molecule is CC(C)(N)CC(=O)NC1CCc2ccccc2N(Cc2ccc(-c3ccccc3-c3ccccc3)cc2)C1=O. The van der Waals surface area contributed by atoms with Gasteiger partial charge in [0.15, 0.2) is 0 Å². The molecule has 0 fully saturated rings. The molecule has 1 heterocycles. The Balaban J connectivity index is 1.40. The van der Waals surface area contributed by atoms with Gasteiger partial charge in [-0.1, -0.05) is 97.1 Å². The van der Waals surface area contributed by atoms with E-state index in [1.807, 2.05) is 43.0 Å². The van der Waals surface area contributed by atoms with Gasteiger partial charge in [-0.15, -0.1) is 0 Å². The number of hydrogen-bond donors (Lipinski definition) is 2. The molecule has 5 rings (SSSR count). The van der Waals surface area contributed by atoms with Crippen molar-refractivity contribution >= 4 is 17.5 Å². The number of para-hydroxylation sites is 1. The number of rotatable bonds is 7. The summed E-state index contributed by atoms with van der Waals surface area (Å²) < 4.78 is 0. The highest BCUT2D eigenvalue weighted by Crippen LogP contribution is 2.33. The van der Waals surface area contributed by atoms with Crippen LogP contribution in [0.25, 0.3) is 22.3 Å². The summed E-state index contributed by atoms with van der Waals surface area (Å²) in [5.74, 6) is -0.296. The third kappa shape index (κ3) is 6.27. The Hall–Kier alpha value is -4.22. The zero-order valence-corrected chi connectivity index (χ0v) is 22.6. The van der Waals surface area contributed by atoms with E-state index in [4.69, 9.17) is 5.73 Å². The highest BCUT2D eigenvalue weighted by Gasteiger charge is 2.32. The van der Waals surface area contributed by atoms with E-state index < -0.39 is 11.6 Å². The van der Waals surface area contributed by atoms with Gasteiger partial charge in [0.05, 0.1) is 6.54 Å². The molecule has 5 heteroatoms. The number of fused-ring (bicyclic) bond motifs is 1. The van der Waals surface area contributed by atoms with Crippen LogP contribution in [0.4, 0.5) is 5.69 Å². The van der Waals surface area contributed by atoms with E-state index in [1.54, 1.807) is 0 Å². The van der Waals surface area contributed by atoms with Crippen molar-refractivity contribution in [2.75, 3.05) is 4.90 Å². The summed E-state index contributed by atoms with van der Waals surface area (Å²) in [6, 6.07) is 34.6. The molecule has 4 aromatic carbocycles. The Morgan fingerprint density at radius 1 is 0.846 bits per heavy atom. The number of amides is 2. The Kier molecular flexibility index (Phi) is 7.62. The molecule has 5 nitrogen and oxygen atoms in total. The summed E-state index contributed by atoms with van der Waals surface area (Å²) in [7, 11) is 0. The molecular formula is C34H35N3O2. The summed E-state index contributed by atoms with van der Waals surface area (Å²) in [6.45, 7) is 4.04. The first kappa shape index (κ1) is 26.4. The van der Waals surface area contributed by atoms with Crippen LogP contribution < -0.4 is 16.0 Å². The minimum Gasteiger partial charge on any atom is -0.344 e. The van der Waals surface area contributed by atoms with Crippen LogP contribution in [0.1, 0.15) is 37.8 Å². The van der Waals surface area contributed by atoms with Gasteiger partial charge in [0, 0.05) is 17.6 Å². The second-order valence-corrected chi connectivity index (χ2v) is 11.0. The molecule has 198 valence electrons. The minimum absolute atomic E-state index is 0.0957. The summed E-state index contributed by atoms with van der Waals surface area (Å²) >= 11 is 0. The lowest BCUT2D eigenvalue weighted by atomic mass is 9.94. The Bertz CT molecular complexity index is 1460. The highest BCUT2D eigenvalue weighted by molar-refractivity contribution is 6.00. The predicted molar refractivity (Wildman–Crippen MR) is 158 cm³/mol. The van der Waals surface area contributed by atoms with Gasteiger partial charge in [0.1, 0.15) is 6.04 Å². The third-order valence-electron chi connectivity index (χ3n) is 7.12. The van der Waals surface area contributed by atoms with E-state index >= 15 is 0 Å². The Morgan fingerprint density at radius 3 is 2.10 bits per heavy atom. The van der Waals surface area contributed by atoms with Crippen LogP contribution in [0.5, 0.6) is 0 Å². The normalized spacial score (nSPS) is 15.4. The lowest BCUT2D eigenvalue weighted by molar-refractivity contribution is -0.128. The number of carbonyl (C=O) groups is 2. The maximum absolute atomic E-state index is 13.8. The molecule has 0 aliphatic carbocycles. The first-order valence-corrected chi connectivity index (χ1v) is 13.5. The van der Waals surface area contributed by atoms with Gasteiger partial charge in [-0.2, -0.15) is 0 Å². The smallest absolute Gasteiger partial charge is 0.249 e. The molecule has 0 spiro atoms. The Morgan fingerprint density at radius 2 is 1.44 bits per heavy atom. The van der Waals surface area contributed by atoms with E-state index in [-0.39, 0.29) is 18.2 Å². The number of nitrogens with one attached hydrogen (secondary N) is 1. The van der Waals surface area contributed by atoms with Crippen molar-refractivity contribution in [2.24, 2.45) is 5.73 Å². The summed E-state index contributed by atoms with van der Waals surface area (Å²) in [5.41, 5.74) is 13.1. The van der Waals surface area contributed by atoms with Gasteiger partial charge in [-0.05, 0) is 66.1 Å². The van der Waals surface area contributed by atoms with Crippen LogP contribution in [-0.4, -0.2) is 23.4 Å². The van der Waals surface area contributed by atoms with Gasteiger partial charge in [0.2, 0.25) is 11.8 Å². The molecule has 1 atom stereocenters. The predicted octanol–water partition coefficient (Wildman–Crippen LogP) is 6.11. The number of anilines is 1. The molecule has 0 aromatic heterocycles. The second kappa shape index (κ2) is 11.3. The van der Waals surface area contributed by atoms with Crippen LogP contribution in [0.2, 0.25) is 0 Å². The number of nitrogens with two attached hydrogens (primary N) is 1. The standard InChI is InChI=1S/C34H35N3O2/c1-34(2,35)22-32(38)36-30-21-20-27-12-6-9-15-31(27)37(33(30)39)23-24-16-18-26(19-17-24)29-14-8-7-13-28(29)25-10-4-3-5-11-25/h3-19,30H,20-23,35H2,1-2H3,(H,36,38). The molecule has 3 N–H and O–H groups in total. The lowest BCUT2D eigenvalue weighted by Crippen LogP contribution is -2.49. The van der Waals surface area contributed by atoms with Crippen LogP contribution >= 0.6 is 0 Å². The van der Waals surface area contributed by atoms with E-state index in [0.717, 1.165) is 27.9 Å². The average Bonchev–Trinajstić information content (AvgIpc) is 3.05. The zero-order valence-electron chi connectivity index (χ0n) is 22.6. The second-order valence-electron chi connectivity index (χ2n) is 11.0. The van der Waals surface area contributed by atoms with E-state index in [2.05, 4.69) is 84.2 Å². The van der Waals surface area contributed by atoms with Crippen molar-refractivity contribution in [3.05, 3.63) is 114 Å². The fraction of sp³-hybridized carbons (Fsp3) is 0.235. The highest BCUT2D eigenvalue weighted by atomic mass is 16.2. The monoisotopic (exact) mass is 517 g/mol.